The van der Waals surface area contributed by atoms with Crippen molar-refractivity contribution in [1.29, 1.82) is 0 Å². The van der Waals surface area contributed by atoms with Crippen molar-refractivity contribution in [2.75, 3.05) is 6.61 Å². The van der Waals surface area contributed by atoms with E-state index in [1.165, 1.54) is 0 Å². The van der Waals surface area contributed by atoms with E-state index in [9.17, 15) is 20.1 Å². The summed E-state index contributed by atoms with van der Waals surface area (Å²) < 4.78 is 0. The molecule has 1 spiro atoms. The molecule has 2 bridgehead atoms. The maximum Gasteiger partial charge on any atom is 0.162 e. The van der Waals surface area contributed by atoms with E-state index in [0.29, 0.717) is 24.7 Å². The standard InChI is InChI=1S/C20H32O4/c1-17(2)14-6-7-19-8-12(20(24,10-19)11-21)4-5-15(19)18(14,3)9-13(22)16(17)23/h12,14-16,21,23-24H,4-11H2,1-3H3/t12-,14-,15+,16-,18-,19+,20-/m1/s1. The normalized spacial score (nSPS) is 55.8. The zero-order chi connectivity index (χ0) is 17.5. The zero-order valence-electron chi connectivity index (χ0n) is 15.2. The Hall–Kier alpha value is -0.450. The van der Waals surface area contributed by atoms with Crippen LogP contribution in [0.5, 0.6) is 0 Å². The first-order chi connectivity index (χ1) is 11.1. The Morgan fingerprint density at radius 1 is 1.12 bits per heavy atom. The summed E-state index contributed by atoms with van der Waals surface area (Å²) in [5.74, 6) is 0.953. The van der Waals surface area contributed by atoms with E-state index in [-0.39, 0.29) is 34.6 Å². The highest BCUT2D eigenvalue weighted by atomic mass is 16.3. The van der Waals surface area contributed by atoms with Crippen LogP contribution in [0.15, 0.2) is 0 Å². The summed E-state index contributed by atoms with van der Waals surface area (Å²) >= 11 is 0. The SMILES string of the molecule is CC1(C)[C@H](O)C(=O)C[C@]2(C)[C@@H]1CC[C@@]13C[C@@H](CC[C@H]12)[C@](O)(CO)C3. The number of rotatable bonds is 1. The lowest BCUT2D eigenvalue weighted by atomic mass is 9.40. The van der Waals surface area contributed by atoms with E-state index in [0.717, 1.165) is 32.1 Å². The van der Waals surface area contributed by atoms with Crippen LogP contribution in [0.1, 0.15) is 65.7 Å². The molecule has 3 N–H and O–H groups in total. The molecule has 0 aliphatic heterocycles. The number of ketones is 1. The molecule has 0 heterocycles. The average Bonchev–Trinajstić information content (AvgIpc) is 2.72. The lowest BCUT2D eigenvalue weighted by Crippen LogP contribution is -2.62. The van der Waals surface area contributed by atoms with Gasteiger partial charge in [0.15, 0.2) is 5.78 Å². The Morgan fingerprint density at radius 2 is 1.83 bits per heavy atom. The van der Waals surface area contributed by atoms with Gasteiger partial charge in [-0.15, -0.1) is 0 Å². The van der Waals surface area contributed by atoms with Crippen LogP contribution in [0.4, 0.5) is 0 Å². The van der Waals surface area contributed by atoms with Crippen molar-refractivity contribution >= 4 is 5.78 Å². The molecule has 4 aliphatic rings. The molecule has 0 radical (unpaired) electrons. The summed E-state index contributed by atoms with van der Waals surface area (Å²) in [5, 5.41) is 31.2. The molecule has 0 unspecified atom stereocenters. The minimum Gasteiger partial charge on any atom is -0.393 e. The molecule has 7 atom stereocenters. The largest absolute Gasteiger partial charge is 0.393 e. The maximum absolute atomic E-state index is 12.6. The monoisotopic (exact) mass is 336 g/mol. The Kier molecular flexibility index (Phi) is 3.42. The van der Waals surface area contributed by atoms with Gasteiger partial charge in [0.25, 0.3) is 0 Å². The van der Waals surface area contributed by atoms with Crippen molar-refractivity contribution < 1.29 is 20.1 Å². The fourth-order valence-corrected chi connectivity index (χ4v) is 7.95. The summed E-state index contributed by atoms with van der Waals surface area (Å²) in [6.45, 7) is 6.24. The number of hydrogen-bond acceptors (Lipinski definition) is 4. The molecule has 136 valence electrons. The number of aliphatic hydroxyl groups excluding tert-OH is 2. The van der Waals surface area contributed by atoms with Crippen LogP contribution in [0.25, 0.3) is 0 Å². The fraction of sp³-hybridized carbons (Fsp3) is 0.950. The van der Waals surface area contributed by atoms with E-state index in [1.807, 2.05) is 0 Å². The van der Waals surface area contributed by atoms with Crippen LogP contribution < -0.4 is 0 Å². The van der Waals surface area contributed by atoms with E-state index in [4.69, 9.17) is 0 Å². The van der Waals surface area contributed by atoms with Gasteiger partial charge >= 0.3 is 0 Å². The van der Waals surface area contributed by atoms with Crippen molar-refractivity contribution in [3.8, 4) is 0 Å². The Morgan fingerprint density at radius 3 is 2.50 bits per heavy atom. The topological polar surface area (TPSA) is 77.8 Å². The minimum atomic E-state index is -0.925. The quantitative estimate of drug-likeness (QED) is 0.686. The van der Waals surface area contributed by atoms with Crippen LogP contribution in [0.2, 0.25) is 0 Å². The van der Waals surface area contributed by atoms with Crippen molar-refractivity contribution in [3.63, 3.8) is 0 Å². The number of Topliss-reactive ketones (excluding diaryl/α,β-unsaturated/α-hetero) is 1. The van der Waals surface area contributed by atoms with Gasteiger partial charge in [0.2, 0.25) is 0 Å². The molecule has 4 rings (SSSR count). The first kappa shape index (κ1) is 17.0. The van der Waals surface area contributed by atoms with E-state index >= 15 is 0 Å². The van der Waals surface area contributed by atoms with E-state index < -0.39 is 11.7 Å². The van der Waals surface area contributed by atoms with Crippen molar-refractivity contribution in [3.05, 3.63) is 0 Å². The number of aliphatic hydroxyl groups is 3. The molecule has 0 aromatic rings. The third kappa shape index (κ3) is 1.88. The van der Waals surface area contributed by atoms with Gasteiger partial charge in [-0.2, -0.15) is 0 Å². The lowest BCUT2D eigenvalue weighted by Gasteiger charge is -2.64. The van der Waals surface area contributed by atoms with Gasteiger partial charge in [0.1, 0.15) is 6.10 Å². The molecule has 24 heavy (non-hydrogen) atoms. The second kappa shape index (κ2) is 4.83. The Balaban J connectivity index is 1.75. The predicted octanol–water partition coefficient (Wildman–Crippen LogP) is 2.29. The third-order valence-corrected chi connectivity index (χ3v) is 8.87. The van der Waals surface area contributed by atoms with Crippen molar-refractivity contribution in [2.24, 2.45) is 34.0 Å². The molecule has 4 aliphatic carbocycles. The van der Waals surface area contributed by atoms with Crippen LogP contribution in [0, 0.1) is 34.0 Å². The highest BCUT2D eigenvalue weighted by Gasteiger charge is 2.68. The first-order valence-electron chi connectivity index (χ1n) is 9.63. The minimum absolute atomic E-state index is 0.00617. The molecule has 4 saturated carbocycles. The van der Waals surface area contributed by atoms with Crippen molar-refractivity contribution in [2.45, 2.75) is 77.4 Å². The molecule has 4 heteroatoms. The van der Waals surface area contributed by atoms with Gasteiger partial charge in [0.05, 0.1) is 12.2 Å². The highest BCUT2D eigenvalue weighted by Crippen LogP contribution is 2.72. The number of fused-ring (bicyclic) bond motifs is 3. The summed E-state index contributed by atoms with van der Waals surface area (Å²) in [6, 6.07) is 0. The molecule has 0 aromatic heterocycles. The number of carbonyl (C=O) groups is 1. The molecule has 4 fully saturated rings. The molecular weight excluding hydrogens is 304 g/mol. The fourth-order valence-electron chi connectivity index (χ4n) is 7.95. The van der Waals surface area contributed by atoms with Gasteiger partial charge in [-0.1, -0.05) is 20.8 Å². The maximum atomic E-state index is 12.6. The van der Waals surface area contributed by atoms with Crippen LogP contribution in [-0.4, -0.2) is 39.4 Å². The third-order valence-electron chi connectivity index (χ3n) is 8.87. The summed E-state index contributed by atoms with van der Waals surface area (Å²) in [4.78, 5) is 12.6. The van der Waals surface area contributed by atoms with Gasteiger partial charge < -0.3 is 15.3 Å². The summed E-state index contributed by atoms with van der Waals surface area (Å²) in [5.41, 5.74) is -1.33. The van der Waals surface area contributed by atoms with Gasteiger partial charge in [-0.05, 0) is 67.1 Å². The van der Waals surface area contributed by atoms with Gasteiger partial charge in [-0.25, -0.2) is 0 Å². The molecule has 4 nitrogen and oxygen atoms in total. The smallest absolute Gasteiger partial charge is 0.162 e. The average molecular weight is 336 g/mol. The second-order valence-electron chi connectivity index (χ2n) is 10.3. The van der Waals surface area contributed by atoms with Gasteiger partial charge in [0, 0.05) is 11.8 Å². The Labute approximate surface area is 144 Å². The van der Waals surface area contributed by atoms with E-state index in [1.54, 1.807) is 0 Å². The Bertz CT molecular complexity index is 572. The first-order valence-corrected chi connectivity index (χ1v) is 9.63. The van der Waals surface area contributed by atoms with E-state index in [2.05, 4.69) is 20.8 Å². The zero-order valence-corrected chi connectivity index (χ0v) is 15.2. The summed E-state index contributed by atoms with van der Waals surface area (Å²) in [7, 11) is 0. The number of hydrogen-bond donors (Lipinski definition) is 3. The van der Waals surface area contributed by atoms with Gasteiger partial charge in [-0.3, -0.25) is 4.79 Å². The van der Waals surface area contributed by atoms with Crippen LogP contribution in [-0.2, 0) is 4.79 Å². The predicted molar refractivity (Wildman–Crippen MR) is 90.2 cm³/mol. The second-order valence-corrected chi connectivity index (χ2v) is 10.3. The molecule has 0 amide bonds. The molecular formula is C20H32O4. The molecule has 0 aromatic carbocycles. The van der Waals surface area contributed by atoms with Crippen LogP contribution >= 0.6 is 0 Å². The lowest BCUT2D eigenvalue weighted by molar-refractivity contribution is -0.186. The molecule has 0 saturated heterocycles. The van der Waals surface area contributed by atoms with Crippen LogP contribution in [0.3, 0.4) is 0 Å². The summed E-state index contributed by atoms with van der Waals surface area (Å²) in [6.07, 6.45) is 5.36. The van der Waals surface area contributed by atoms with Crippen molar-refractivity contribution in [1.82, 2.24) is 0 Å². The highest BCUT2D eigenvalue weighted by molar-refractivity contribution is 5.85. The number of carbonyl (C=O) groups excluding carboxylic acids is 1.